The van der Waals surface area contributed by atoms with Gasteiger partial charge in [-0.1, -0.05) is 25.8 Å². The number of aryl methyl sites for hydroxylation is 1. The zero-order valence-corrected chi connectivity index (χ0v) is 13.2. The van der Waals surface area contributed by atoms with Crippen LogP contribution in [0.15, 0.2) is 12.1 Å². The van der Waals surface area contributed by atoms with Crippen LogP contribution >= 0.6 is 0 Å². The van der Waals surface area contributed by atoms with Crippen molar-refractivity contribution in [2.75, 3.05) is 13.7 Å². The van der Waals surface area contributed by atoms with Crippen molar-refractivity contribution in [3.63, 3.8) is 0 Å². The lowest BCUT2D eigenvalue weighted by atomic mass is 9.97. The molecule has 0 saturated carbocycles. The van der Waals surface area contributed by atoms with Gasteiger partial charge in [0.25, 0.3) is 0 Å². The highest BCUT2D eigenvalue weighted by Gasteiger charge is 2.15. The first-order valence-electron chi connectivity index (χ1n) is 7.63. The third-order valence-corrected chi connectivity index (χ3v) is 3.46. The lowest BCUT2D eigenvalue weighted by Crippen LogP contribution is -2.08. The standard InChI is InChI=1S/C17H25FO3/c1-4-6-7-8-14-13(10-12-16(19)21-5-2)9-11-15(20-3)17(14)18/h9,11H,4-8,10,12H2,1-3H3. The van der Waals surface area contributed by atoms with Gasteiger partial charge in [-0.3, -0.25) is 4.79 Å². The van der Waals surface area contributed by atoms with Gasteiger partial charge in [0.2, 0.25) is 0 Å². The monoisotopic (exact) mass is 296 g/mol. The summed E-state index contributed by atoms with van der Waals surface area (Å²) < 4.78 is 24.4. The molecular weight excluding hydrogens is 271 g/mol. The van der Waals surface area contributed by atoms with Gasteiger partial charge in [0, 0.05) is 6.42 Å². The van der Waals surface area contributed by atoms with E-state index >= 15 is 0 Å². The van der Waals surface area contributed by atoms with E-state index in [2.05, 4.69) is 6.92 Å². The number of rotatable bonds is 9. The van der Waals surface area contributed by atoms with Crippen LogP contribution in [-0.4, -0.2) is 19.7 Å². The molecular formula is C17H25FO3. The van der Waals surface area contributed by atoms with E-state index < -0.39 is 0 Å². The fourth-order valence-electron chi connectivity index (χ4n) is 2.32. The van der Waals surface area contributed by atoms with E-state index in [4.69, 9.17) is 9.47 Å². The summed E-state index contributed by atoms with van der Waals surface area (Å²) in [7, 11) is 1.46. The smallest absolute Gasteiger partial charge is 0.306 e. The first kappa shape index (κ1) is 17.5. The molecule has 0 radical (unpaired) electrons. The molecule has 118 valence electrons. The lowest BCUT2D eigenvalue weighted by Gasteiger charge is -2.13. The van der Waals surface area contributed by atoms with E-state index in [9.17, 15) is 9.18 Å². The van der Waals surface area contributed by atoms with Crippen molar-refractivity contribution in [3.05, 3.63) is 29.1 Å². The maximum absolute atomic E-state index is 14.4. The summed E-state index contributed by atoms with van der Waals surface area (Å²) in [5.41, 5.74) is 1.55. The lowest BCUT2D eigenvalue weighted by molar-refractivity contribution is -0.143. The van der Waals surface area contributed by atoms with Gasteiger partial charge in [-0.25, -0.2) is 4.39 Å². The fourth-order valence-corrected chi connectivity index (χ4v) is 2.32. The molecule has 0 bridgehead atoms. The van der Waals surface area contributed by atoms with Gasteiger partial charge in [0.05, 0.1) is 13.7 Å². The van der Waals surface area contributed by atoms with Gasteiger partial charge >= 0.3 is 5.97 Å². The van der Waals surface area contributed by atoms with E-state index in [1.54, 1.807) is 13.0 Å². The Morgan fingerprint density at radius 3 is 2.57 bits per heavy atom. The molecule has 0 heterocycles. The minimum Gasteiger partial charge on any atom is -0.494 e. The Morgan fingerprint density at radius 1 is 1.19 bits per heavy atom. The third-order valence-electron chi connectivity index (χ3n) is 3.46. The van der Waals surface area contributed by atoms with Crippen LogP contribution in [0.1, 0.15) is 50.7 Å². The Morgan fingerprint density at radius 2 is 1.95 bits per heavy atom. The van der Waals surface area contributed by atoms with E-state index in [-0.39, 0.29) is 24.0 Å². The maximum Gasteiger partial charge on any atom is 0.306 e. The molecule has 4 heteroatoms. The van der Waals surface area contributed by atoms with E-state index in [1.807, 2.05) is 6.07 Å². The number of methoxy groups -OCH3 is 1. The van der Waals surface area contributed by atoms with Crippen LogP contribution in [0.25, 0.3) is 0 Å². The number of carbonyl (C=O) groups excluding carboxylic acids is 1. The number of halogens is 1. The molecule has 0 aliphatic rings. The fraction of sp³-hybridized carbons (Fsp3) is 0.588. The quantitative estimate of drug-likeness (QED) is 0.509. The number of hydrogen-bond donors (Lipinski definition) is 0. The molecule has 0 aliphatic heterocycles. The summed E-state index contributed by atoms with van der Waals surface area (Å²) in [6.07, 6.45) is 4.54. The van der Waals surface area contributed by atoms with Crippen LogP contribution in [-0.2, 0) is 22.4 Å². The van der Waals surface area contributed by atoms with Crippen molar-refractivity contribution >= 4 is 5.97 Å². The predicted molar refractivity (Wildman–Crippen MR) is 81.1 cm³/mol. The molecule has 1 rings (SSSR count). The Hall–Kier alpha value is -1.58. The SMILES string of the molecule is CCCCCc1c(CCC(=O)OCC)ccc(OC)c1F. The minimum atomic E-state index is -0.296. The van der Waals surface area contributed by atoms with Crippen LogP contribution < -0.4 is 4.74 Å². The van der Waals surface area contributed by atoms with Gasteiger partial charge < -0.3 is 9.47 Å². The summed E-state index contributed by atoms with van der Waals surface area (Å²) in [5.74, 6) is -0.274. The first-order chi connectivity index (χ1) is 10.1. The number of unbranched alkanes of at least 4 members (excludes halogenated alkanes) is 2. The van der Waals surface area contributed by atoms with Gasteiger partial charge in [-0.15, -0.1) is 0 Å². The highest BCUT2D eigenvalue weighted by molar-refractivity contribution is 5.69. The van der Waals surface area contributed by atoms with E-state index in [0.717, 1.165) is 24.8 Å². The molecule has 0 fully saturated rings. The van der Waals surface area contributed by atoms with Crippen molar-refractivity contribution in [3.8, 4) is 5.75 Å². The summed E-state index contributed by atoms with van der Waals surface area (Å²) in [4.78, 5) is 11.5. The minimum absolute atomic E-state index is 0.242. The molecule has 0 amide bonds. The summed E-state index contributed by atoms with van der Waals surface area (Å²) in [5, 5.41) is 0. The largest absolute Gasteiger partial charge is 0.494 e. The summed E-state index contributed by atoms with van der Waals surface area (Å²) in [6, 6.07) is 3.47. The Balaban J connectivity index is 2.85. The Bertz CT molecular complexity index is 458. The molecule has 0 saturated heterocycles. The van der Waals surface area contributed by atoms with Crippen LogP contribution in [0.4, 0.5) is 4.39 Å². The maximum atomic E-state index is 14.4. The molecule has 1 aromatic carbocycles. The van der Waals surface area contributed by atoms with E-state index in [0.29, 0.717) is 25.0 Å². The zero-order chi connectivity index (χ0) is 15.7. The van der Waals surface area contributed by atoms with Gasteiger partial charge in [-0.2, -0.15) is 0 Å². The van der Waals surface area contributed by atoms with Crippen molar-refractivity contribution < 1.29 is 18.7 Å². The number of carbonyl (C=O) groups is 1. The number of hydrogen-bond acceptors (Lipinski definition) is 3. The zero-order valence-electron chi connectivity index (χ0n) is 13.2. The van der Waals surface area contributed by atoms with Crippen LogP contribution in [0, 0.1) is 5.82 Å². The molecule has 0 aliphatic carbocycles. The normalized spacial score (nSPS) is 10.5. The molecule has 0 aromatic heterocycles. The molecule has 0 unspecified atom stereocenters. The molecule has 0 atom stereocenters. The molecule has 1 aromatic rings. The van der Waals surface area contributed by atoms with Crippen molar-refractivity contribution in [1.29, 1.82) is 0 Å². The molecule has 21 heavy (non-hydrogen) atoms. The van der Waals surface area contributed by atoms with E-state index in [1.165, 1.54) is 7.11 Å². The number of esters is 1. The van der Waals surface area contributed by atoms with Crippen LogP contribution in [0.3, 0.4) is 0 Å². The highest BCUT2D eigenvalue weighted by atomic mass is 19.1. The second-order valence-electron chi connectivity index (χ2n) is 4.98. The third kappa shape index (κ3) is 5.37. The van der Waals surface area contributed by atoms with Crippen molar-refractivity contribution in [2.24, 2.45) is 0 Å². The van der Waals surface area contributed by atoms with Crippen molar-refractivity contribution in [1.82, 2.24) is 0 Å². The van der Waals surface area contributed by atoms with Gasteiger partial charge in [-0.05, 0) is 43.4 Å². The molecule has 0 spiro atoms. The second kappa shape index (κ2) is 9.37. The van der Waals surface area contributed by atoms with Crippen LogP contribution in [0.5, 0.6) is 5.75 Å². The average Bonchev–Trinajstić information content (AvgIpc) is 2.48. The average molecular weight is 296 g/mol. The summed E-state index contributed by atoms with van der Waals surface area (Å²) in [6.45, 7) is 4.27. The second-order valence-corrected chi connectivity index (χ2v) is 4.98. The summed E-state index contributed by atoms with van der Waals surface area (Å²) >= 11 is 0. The molecule has 0 N–H and O–H groups in total. The predicted octanol–water partition coefficient (Wildman–Crippen LogP) is 4.06. The van der Waals surface area contributed by atoms with Gasteiger partial charge in [0.15, 0.2) is 11.6 Å². The topological polar surface area (TPSA) is 35.5 Å². The molecule has 3 nitrogen and oxygen atoms in total. The first-order valence-corrected chi connectivity index (χ1v) is 7.63. The van der Waals surface area contributed by atoms with Crippen molar-refractivity contribution in [2.45, 2.75) is 52.4 Å². The van der Waals surface area contributed by atoms with Gasteiger partial charge in [0.1, 0.15) is 0 Å². The van der Waals surface area contributed by atoms with Crippen LogP contribution in [0.2, 0.25) is 0 Å². The Kier molecular flexibility index (Phi) is 7.80. The highest BCUT2D eigenvalue weighted by Crippen LogP contribution is 2.26. The number of benzene rings is 1. The number of ether oxygens (including phenoxy) is 2. The Labute approximate surface area is 126 Å².